The SMILES string of the molecule is Cc1nn(CCO)c(C)c1CN(CC#N)C(C)C. The average molecular weight is 250 g/mol. The van der Waals surface area contributed by atoms with Crippen LogP contribution < -0.4 is 0 Å². The van der Waals surface area contributed by atoms with Gasteiger partial charge in [0.1, 0.15) is 0 Å². The van der Waals surface area contributed by atoms with E-state index in [0.29, 0.717) is 19.1 Å². The van der Waals surface area contributed by atoms with Gasteiger partial charge in [0.05, 0.1) is 31.5 Å². The number of aliphatic hydroxyl groups excluding tert-OH is 1. The lowest BCUT2D eigenvalue weighted by atomic mass is 10.1. The van der Waals surface area contributed by atoms with E-state index < -0.39 is 0 Å². The van der Waals surface area contributed by atoms with Crippen LogP contribution in [0.5, 0.6) is 0 Å². The van der Waals surface area contributed by atoms with Crippen LogP contribution in [0.25, 0.3) is 0 Å². The molecule has 0 unspecified atom stereocenters. The van der Waals surface area contributed by atoms with Crippen LogP contribution in [-0.2, 0) is 13.1 Å². The van der Waals surface area contributed by atoms with Crippen molar-refractivity contribution in [3.05, 3.63) is 17.0 Å². The van der Waals surface area contributed by atoms with Crippen molar-refractivity contribution in [1.82, 2.24) is 14.7 Å². The Kier molecular flexibility index (Phi) is 5.32. The smallest absolute Gasteiger partial charge is 0.0871 e. The molecule has 0 bridgehead atoms. The van der Waals surface area contributed by atoms with E-state index in [1.54, 1.807) is 0 Å². The number of hydrogen-bond donors (Lipinski definition) is 1. The van der Waals surface area contributed by atoms with Gasteiger partial charge in [0.25, 0.3) is 0 Å². The molecule has 0 aliphatic heterocycles. The highest BCUT2D eigenvalue weighted by molar-refractivity contribution is 5.24. The maximum Gasteiger partial charge on any atom is 0.0871 e. The van der Waals surface area contributed by atoms with E-state index in [1.165, 1.54) is 0 Å². The normalized spacial score (nSPS) is 11.2. The topological polar surface area (TPSA) is 65.1 Å². The number of rotatable bonds is 6. The molecule has 100 valence electrons. The molecule has 18 heavy (non-hydrogen) atoms. The number of aliphatic hydroxyl groups is 1. The maximum absolute atomic E-state index is 8.98. The van der Waals surface area contributed by atoms with Crippen LogP contribution in [0.1, 0.15) is 30.8 Å². The van der Waals surface area contributed by atoms with Crippen molar-refractivity contribution in [2.75, 3.05) is 13.2 Å². The lowest BCUT2D eigenvalue weighted by Crippen LogP contribution is -2.31. The molecular weight excluding hydrogens is 228 g/mol. The van der Waals surface area contributed by atoms with Crippen molar-refractivity contribution < 1.29 is 5.11 Å². The summed E-state index contributed by atoms with van der Waals surface area (Å²) in [6, 6.07) is 2.52. The molecule has 0 aromatic carbocycles. The van der Waals surface area contributed by atoms with Crippen molar-refractivity contribution in [3.63, 3.8) is 0 Å². The van der Waals surface area contributed by atoms with E-state index in [0.717, 1.165) is 23.5 Å². The molecule has 5 heteroatoms. The highest BCUT2D eigenvalue weighted by atomic mass is 16.3. The molecule has 0 aliphatic rings. The van der Waals surface area contributed by atoms with Crippen molar-refractivity contribution in [3.8, 4) is 6.07 Å². The standard InChI is InChI=1S/C13H22N4O/c1-10(2)16(6-5-14)9-13-11(3)15-17(7-8-18)12(13)4/h10,18H,6-9H2,1-4H3. The third kappa shape index (κ3) is 3.31. The van der Waals surface area contributed by atoms with Gasteiger partial charge in [0.15, 0.2) is 0 Å². The zero-order chi connectivity index (χ0) is 13.7. The molecule has 0 saturated heterocycles. The molecule has 0 atom stereocenters. The molecule has 0 radical (unpaired) electrons. The predicted molar refractivity (Wildman–Crippen MR) is 69.9 cm³/mol. The van der Waals surface area contributed by atoms with Gasteiger partial charge in [-0.25, -0.2) is 0 Å². The molecule has 1 aromatic rings. The quantitative estimate of drug-likeness (QED) is 0.771. The molecule has 5 nitrogen and oxygen atoms in total. The highest BCUT2D eigenvalue weighted by Gasteiger charge is 2.16. The van der Waals surface area contributed by atoms with Gasteiger partial charge in [0, 0.05) is 23.8 Å². The van der Waals surface area contributed by atoms with E-state index in [2.05, 4.69) is 29.9 Å². The summed E-state index contributed by atoms with van der Waals surface area (Å²) in [5, 5.41) is 22.2. The summed E-state index contributed by atoms with van der Waals surface area (Å²) in [7, 11) is 0. The number of aryl methyl sites for hydroxylation is 1. The number of nitrogens with zero attached hydrogens (tertiary/aromatic N) is 4. The Morgan fingerprint density at radius 1 is 1.44 bits per heavy atom. The van der Waals surface area contributed by atoms with E-state index in [-0.39, 0.29) is 6.61 Å². The molecular formula is C13H22N4O. The van der Waals surface area contributed by atoms with Crippen molar-refractivity contribution in [2.45, 2.75) is 46.8 Å². The summed E-state index contributed by atoms with van der Waals surface area (Å²) in [6.07, 6.45) is 0. The van der Waals surface area contributed by atoms with Gasteiger partial charge in [0.2, 0.25) is 0 Å². The molecule has 0 fully saturated rings. The number of aromatic nitrogens is 2. The summed E-state index contributed by atoms with van der Waals surface area (Å²) in [5.41, 5.74) is 3.21. The molecule has 1 N–H and O–H groups in total. The Bertz CT molecular complexity index is 431. The van der Waals surface area contributed by atoms with Gasteiger partial charge in [-0.05, 0) is 27.7 Å². The Morgan fingerprint density at radius 2 is 2.11 bits per heavy atom. The second-order valence-corrected chi connectivity index (χ2v) is 4.75. The summed E-state index contributed by atoms with van der Waals surface area (Å²) in [5.74, 6) is 0. The second kappa shape index (κ2) is 6.53. The van der Waals surface area contributed by atoms with Gasteiger partial charge in [-0.2, -0.15) is 10.4 Å². The molecule has 0 aliphatic carbocycles. The van der Waals surface area contributed by atoms with Crippen LogP contribution in [0.15, 0.2) is 0 Å². The van der Waals surface area contributed by atoms with Crippen LogP contribution in [0.2, 0.25) is 0 Å². The zero-order valence-corrected chi connectivity index (χ0v) is 11.6. The minimum absolute atomic E-state index is 0.0908. The summed E-state index contributed by atoms with van der Waals surface area (Å²) < 4.78 is 1.83. The van der Waals surface area contributed by atoms with Gasteiger partial charge < -0.3 is 5.11 Å². The third-order valence-corrected chi connectivity index (χ3v) is 3.21. The van der Waals surface area contributed by atoms with Gasteiger partial charge in [-0.1, -0.05) is 0 Å². The monoisotopic (exact) mass is 250 g/mol. The minimum atomic E-state index is 0.0908. The molecule has 0 saturated carbocycles. The van der Waals surface area contributed by atoms with Crippen molar-refractivity contribution in [1.29, 1.82) is 5.26 Å². The van der Waals surface area contributed by atoms with Crippen LogP contribution >= 0.6 is 0 Å². The predicted octanol–water partition coefficient (Wildman–Crippen LogP) is 1.23. The van der Waals surface area contributed by atoms with Crippen molar-refractivity contribution >= 4 is 0 Å². The van der Waals surface area contributed by atoms with E-state index in [4.69, 9.17) is 10.4 Å². The van der Waals surface area contributed by atoms with E-state index >= 15 is 0 Å². The lowest BCUT2D eigenvalue weighted by Gasteiger charge is -2.23. The fourth-order valence-corrected chi connectivity index (χ4v) is 1.99. The number of nitriles is 1. The Hall–Kier alpha value is -1.38. The minimum Gasteiger partial charge on any atom is -0.394 e. The van der Waals surface area contributed by atoms with Gasteiger partial charge in [-0.15, -0.1) is 0 Å². The molecule has 1 heterocycles. The largest absolute Gasteiger partial charge is 0.394 e. The second-order valence-electron chi connectivity index (χ2n) is 4.75. The third-order valence-electron chi connectivity index (χ3n) is 3.21. The van der Waals surface area contributed by atoms with Crippen molar-refractivity contribution in [2.24, 2.45) is 0 Å². The fraction of sp³-hybridized carbons (Fsp3) is 0.692. The maximum atomic E-state index is 8.98. The highest BCUT2D eigenvalue weighted by Crippen LogP contribution is 2.16. The molecule has 1 aromatic heterocycles. The van der Waals surface area contributed by atoms with E-state index in [9.17, 15) is 0 Å². The van der Waals surface area contributed by atoms with Crippen LogP contribution in [0, 0.1) is 25.2 Å². The fourth-order valence-electron chi connectivity index (χ4n) is 1.99. The summed E-state index contributed by atoms with van der Waals surface area (Å²) >= 11 is 0. The molecule has 1 rings (SSSR count). The first-order valence-corrected chi connectivity index (χ1v) is 6.26. The first-order valence-electron chi connectivity index (χ1n) is 6.26. The Labute approximate surface area is 109 Å². The first-order chi connectivity index (χ1) is 8.51. The van der Waals surface area contributed by atoms with Crippen LogP contribution in [0.4, 0.5) is 0 Å². The summed E-state index contributed by atoms with van der Waals surface area (Å²) in [4.78, 5) is 2.11. The molecule has 0 amide bonds. The average Bonchev–Trinajstić information content (AvgIpc) is 2.56. The van der Waals surface area contributed by atoms with Crippen LogP contribution in [0.3, 0.4) is 0 Å². The number of hydrogen-bond acceptors (Lipinski definition) is 4. The van der Waals surface area contributed by atoms with Gasteiger partial charge in [-0.3, -0.25) is 9.58 Å². The Morgan fingerprint density at radius 3 is 2.61 bits per heavy atom. The zero-order valence-electron chi connectivity index (χ0n) is 11.6. The Balaban J connectivity index is 2.92. The van der Waals surface area contributed by atoms with Crippen LogP contribution in [-0.4, -0.2) is 39.0 Å². The van der Waals surface area contributed by atoms with E-state index in [1.807, 2.05) is 18.5 Å². The lowest BCUT2D eigenvalue weighted by molar-refractivity contribution is 0.239. The van der Waals surface area contributed by atoms with Gasteiger partial charge >= 0.3 is 0 Å². The molecule has 0 spiro atoms. The summed E-state index contributed by atoms with van der Waals surface area (Å²) in [6.45, 7) is 9.91. The first kappa shape index (κ1) is 14.7.